The van der Waals surface area contributed by atoms with Gasteiger partial charge in [-0.25, -0.2) is 9.97 Å². The predicted molar refractivity (Wildman–Crippen MR) is 113 cm³/mol. The number of benzene rings is 1. The highest BCUT2D eigenvalue weighted by Gasteiger charge is 2.36. The molecule has 0 spiro atoms. The summed E-state index contributed by atoms with van der Waals surface area (Å²) in [6, 6.07) is 6.98. The highest BCUT2D eigenvalue weighted by Crippen LogP contribution is 2.39. The van der Waals surface area contributed by atoms with Crippen molar-refractivity contribution in [2.24, 2.45) is 0 Å². The lowest BCUT2D eigenvalue weighted by Crippen LogP contribution is -2.39. The van der Waals surface area contributed by atoms with Crippen molar-refractivity contribution in [1.29, 1.82) is 0 Å². The first-order valence-electron chi connectivity index (χ1n) is 8.86. The largest absolute Gasteiger partial charge is 0.420 e. The van der Waals surface area contributed by atoms with Crippen LogP contribution in [0.4, 0.5) is 24.8 Å². The van der Waals surface area contributed by atoms with Gasteiger partial charge in [0.2, 0.25) is 5.95 Å². The third-order valence-electron chi connectivity index (χ3n) is 4.72. The maximum absolute atomic E-state index is 13.5. The topological polar surface area (TPSA) is 66.9 Å². The van der Waals surface area contributed by atoms with Crippen LogP contribution in [0.2, 0.25) is 5.02 Å². The fourth-order valence-electron chi connectivity index (χ4n) is 2.97. The van der Waals surface area contributed by atoms with E-state index in [1.807, 2.05) is 12.1 Å². The number of alkyl halides is 3. The van der Waals surface area contributed by atoms with E-state index in [9.17, 15) is 17.4 Å². The van der Waals surface area contributed by atoms with Crippen molar-refractivity contribution in [1.82, 2.24) is 15.3 Å². The van der Waals surface area contributed by atoms with Gasteiger partial charge in [0, 0.05) is 41.7 Å². The molecule has 0 bridgehead atoms. The van der Waals surface area contributed by atoms with Crippen LogP contribution >= 0.6 is 22.9 Å². The molecule has 1 aliphatic heterocycles. The molecule has 1 unspecified atom stereocenters. The highest BCUT2D eigenvalue weighted by molar-refractivity contribution is 7.84. The zero-order valence-corrected chi connectivity index (χ0v) is 18.0. The first kappa shape index (κ1) is 21.2. The van der Waals surface area contributed by atoms with E-state index in [2.05, 4.69) is 20.6 Å². The highest BCUT2D eigenvalue weighted by atomic mass is 35.5. The zero-order valence-electron chi connectivity index (χ0n) is 15.6. The van der Waals surface area contributed by atoms with Crippen molar-refractivity contribution in [2.45, 2.75) is 17.0 Å². The summed E-state index contributed by atoms with van der Waals surface area (Å²) >= 11 is 7.32. The molecular formula is C19H16ClF3N4OS2. The van der Waals surface area contributed by atoms with Gasteiger partial charge in [-0.05, 0) is 23.8 Å². The van der Waals surface area contributed by atoms with Crippen LogP contribution in [0.3, 0.4) is 0 Å². The van der Waals surface area contributed by atoms with Crippen LogP contribution in [0.5, 0.6) is 0 Å². The van der Waals surface area contributed by atoms with E-state index in [1.54, 1.807) is 11.4 Å². The van der Waals surface area contributed by atoms with Crippen molar-refractivity contribution >= 4 is 45.4 Å². The van der Waals surface area contributed by atoms with Gasteiger partial charge in [0.1, 0.15) is 5.56 Å². The molecule has 158 valence electrons. The van der Waals surface area contributed by atoms with Crippen LogP contribution in [-0.4, -0.2) is 33.5 Å². The van der Waals surface area contributed by atoms with E-state index in [0.717, 1.165) is 36.2 Å². The minimum absolute atomic E-state index is 0.00337. The van der Waals surface area contributed by atoms with Crippen molar-refractivity contribution in [3.63, 3.8) is 0 Å². The molecule has 1 saturated heterocycles. The Bertz CT molecular complexity index is 1120. The van der Waals surface area contributed by atoms with E-state index < -0.39 is 22.5 Å². The second kappa shape index (κ2) is 8.26. The number of hydrogen-bond donors (Lipinski definition) is 2. The fourth-order valence-corrected chi connectivity index (χ4v) is 4.95. The average Bonchev–Trinajstić information content (AvgIpc) is 3.12. The maximum Gasteiger partial charge on any atom is 0.420 e. The zero-order chi connectivity index (χ0) is 21.5. The van der Waals surface area contributed by atoms with Crippen LogP contribution in [0, 0.1) is 0 Å². The van der Waals surface area contributed by atoms with Crippen LogP contribution < -0.4 is 10.6 Å². The molecule has 3 heterocycles. The van der Waals surface area contributed by atoms with Gasteiger partial charge < -0.3 is 10.6 Å². The van der Waals surface area contributed by atoms with Gasteiger partial charge in [0.25, 0.3) is 0 Å². The molecule has 0 amide bonds. The number of thiophene rings is 1. The number of hydrogen-bond acceptors (Lipinski definition) is 6. The van der Waals surface area contributed by atoms with Crippen LogP contribution in [0.25, 0.3) is 10.6 Å². The third kappa shape index (κ3) is 4.36. The molecule has 3 aromatic rings. The molecule has 0 aliphatic carbocycles. The van der Waals surface area contributed by atoms with Gasteiger partial charge in [0.15, 0.2) is 0 Å². The van der Waals surface area contributed by atoms with Gasteiger partial charge in [-0.3, -0.25) is 4.21 Å². The van der Waals surface area contributed by atoms with Crippen LogP contribution in [0.15, 0.2) is 40.7 Å². The summed E-state index contributed by atoms with van der Waals surface area (Å²) < 4.78 is 52.2. The molecule has 1 fully saturated rings. The van der Waals surface area contributed by atoms with E-state index in [1.165, 1.54) is 12.3 Å². The Morgan fingerprint density at radius 3 is 2.67 bits per heavy atom. The SMILES string of the molecule is CS(=O)c1csc(-c2nc(Nc3cc(C4CNC4)ccc3Cl)ncc2C(F)(F)F)c1. The normalized spacial score (nSPS) is 15.6. The summed E-state index contributed by atoms with van der Waals surface area (Å²) in [6.45, 7) is 1.73. The van der Waals surface area contributed by atoms with Crippen LogP contribution in [-0.2, 0) is 17.0 Å². The molecule has 1 aliphatic rings. The summed E-state index contributed by atoms with van der Waals surface area (Å²) in [5, 5.41) is 8.11. The third-order valence-corrected chi connectivity index (χ3v) is 7.04. The molecular weight excluding hydrogens is 457 g/mol. The molecule has 4 rings (SSSR count). The van der Waals surface area contributed by atoms with Crippen molar-refractivity contribution in [3.05, 3.63) is 52.0 Å². The Balaban J connectivity index is 1.72. The maximum atomic E-state index is 13.5. The van der Waals surface area contributed by atoms with Gasteiger partial charge in [0.05, 0.1) is 32.1 Å². The minimum atomic E-state index is -4.63. The monoisotopic (exact) mass is 472 g/mol. The van der Waals surface area contributed by atoms with E-state index >= 15 is 0 Å². The Hall–Kier alpha value is -2.01. The molecule has 1 aromatic carbocycles. The fraction of sp³-hybridized carbons (Fsp3) is 0.263. The lowest BCUT2D eigenvalue weighted by atomic mass is 9.93. The van der Waals surface area contributed by atoms with Gasteiger partial charge in [-0.1, -0.05) is 17.7 Å². The number of nitrogens with one attached hydrogen (secondary N) is 2. The van der Waals surface area contributed by atoms with E-state index in [4.69, 9.17) is 11.6 Å². The standard InChI is InChI=1S/C19H16ClF3N4OS2/c1-30(28)12-5-16(29-9-12)17-13(19(21,22)23)8-25-18(27-17)26-15-4-10(2-3-14(15)20)11-6-24-7-11/h2-5,8-9,11,24H,6-7H2,1H3,(H,25,26,27). The number of nitrogens with zero attached hydrogens (tertiary/aromatic N) is 2. The number of aromatic nitrogens is 2. The number of halogens is 4. The molecule has 11 heteroatoms. The van der Waals surface area contributed by atoms with E-state index in [-0.39, 0.29) is 16.5 Å². The predicted octanol–water partition coefficient (Wildman–Crippen LogP) is 5.05. The van der Waals surface area contributed by atoms with Gasteiger partial charge in [-0.15, -0.1) is 11.3 Å². The molecule has 30 heavy (non-hydrogen) atoms. The lowest BCUT2D eigenvalue weighted by Gasteiger charge is -2.28. The van der Waals surface area contributed by atoms with E-state index in [0.29, 0.717) is 21.5 Å². The summed E-state index contributed by atoms with van der Waals surface area (Å²) in [7, 11) is -1.30. The van der Waals surface area contributed by atoms with Gasteiger partial charge >= 0.3 is 6.18 Å². The summed E-state index contributed by atoms with van der Waals surface area (Å²) in [5.74, 6) is 0.364. The minimum Gasteiger partial charge on any atom is -0.323 e. The van der Waals surface area contributed by atoms with Crippen molar-refractivity contribution in [3.8, 4) is 10.6 Å². The molecule has 0 radical (unpaired) electrons. The average molecular weight is 473 g/mol. The smallest absolute Gasteiger partial charge is 0.323 e. The summed E-state index contributed by atoms with van der Waals surface area (Å²) in [5.41, 5.74) is 0.371. The van der Waals surface area contributed by atoms with Gasteiger partial charge in [-0.2, -0.15) is 13.2 Å². The first-order chi connectivity index (χ1) is 14.2. The Kier molecular flexibility index (Phi) is 5.84. The molecule has 2 aromatic heterocycles. The summed E-state index contributed by atoms with van der Waals surface area (Å²) in [4.78, 5) is 8.68. The van der Waals surface area contributed by atoms with Crippen molar-refractivity contribution < 1.29 is 17.4 Å². The quantitative estimate of drug-likeness (QED) is 0.544. The second-order valence-electron chi connectivity index (χ2n) is 6.77. The van der Waals surface area contributed by atoms with Crippen molar-refractivity contribution in [2.75, 3.05) is 24.7 Å². The lowest BCUT2D eigenvalue weighted by molar-refractivity contribution is -0.137. The number of rotatable bonds is 5. The Labute approximate surface area is 182 Å². The second-order valence-corrected chi connectivity index (χ2v) is 9.47. The summed E-state index contributed by atoms with van der Waals surface area (Å²) in [6.07, 6.45) is -2.41. The Morgan fingerprint density at radius 2 is 2.07 bits per heavy atom. The number of anilines is 2. The molecule has 1 atom stereocenters. The first-order valence-corrected chi connectivity index (χ1v) is 11.7. The molecule has 5 nitrogen and oxygen atoms in total. The Morgan fingerprint density at radius 1 is 1.30 bits per heavy atom. The van der Waals surface area contributed by atoms with Crippen LogP contribution in [0.1, 0.15) is 17.0 Å². The molecule has 0 saturated carbocycles. The molecule has 2 N–H and O–H groups in total.